The van der Waals surface area contributed by atoms with Gasteiger partial charge in [-0.3, -0.25) is 0 Å². The molecule has 0 unspecified atom stereocenters. The Balaban J connectivity index is 2.60. The van der Waals surface area contributed by atoms with Gasteiger partial charge >= 0.3 is 0 Å². The molecule has 0 amide bonds. The second-order valence-electron chi connectivity index (χ2n) is 5.72. The summed E-state index contributed by atoms with van der Waals surface area (Å²) in [6.45, 7) is 4.69. The van der Waals surface area contributed by atoms with Crippen molar-refractivity contribution in [3.63, 3.8) is 0 Å². The Morgan fingerprint density at radius 2 is 1.95 bits per heavy atom. The Kier molecular flexibility index (Phi) is 5.98. The number of benzene rings is 1. The summed E-state index contributed by atoms with van der Waals surface area (Å²) in [6, 6.07) is 3.49. The monoisotopic (exact) mass is 321 g/mol. The zero-order valence-electron chi connectivity index (χ0n) is 11.8. The smallest absolute Gasteiger partial charge is 0.178 e. The van der Waals surface area contributed by atoms with Crippen LogP contribution in [0.2, 0.25) is 5.02 Å². The first-order valence-electron chi connectivity index (χ1n) is 6.56. The summed E-state index contributed by atoms with van der Waals surface area (Å²) in [5.41, 5.74) is 5.66. The van der Waals surface area contributed by atoms with Gasteiger partial charge in [-0.2, -0.15) is 0 Å². The van der Waals surface area contributed by atoms with Crippen molar-refractivity contribution in [2.75, 3.05) is 12.3 Å². The summed E-state index contributed by atoms with van der Waals surface area (Å²) in [6.07, 6.45) is 2.22. The zero-order valence-corrected chi connectivity index (χ0v) is 13.4. The van der Waals surface area contributed by atoms with Crippen LogP contribution in [0.25, 0.3) is 0 Å². The zero-order chi connectivity index (χ0) is 15.4. The molecule has 20 heavy (non-hydrogen) atoms. The molecule has 0 aliphatic heterocycles. The highest BCUT2D eigenvalue weighted by atomic mass is 35.5. The van der Waals surface area contributed by atoms with Gasteiger partial charge in [-0.15, -0.1) is 0 Å². The molecular weight excluding hydrogens is 301 g/mol. The van der Waals surface area contributed by atoms with Crippen molar-refractivity contribution in [1.82, 2.24) is 0 Å². The Bertz CT molecular complexity index is 558. The highest BCUT2D eigenvalue weighted by molar-refractivity contribution is 7.91. The molecule has 0 fully saturated rings. The molecule has 1 rings (SSSR count). The summed E-state index contributed by atoms with van der Waals surface area (Å²) < 4.78 is 37.2. The maximum absolute atomic E-state index is 13.0. The number of nitrogens with two attached hydrogens (primary N) is 1. The molecule has 0 aromatic heterocycles. The van der Waals surface area contributed by atoms with Crippen molar-refractivity contribution in [2.24, 2.45) is 11.1 Å². The molecule has 0 saturated heterocycles. The Morgan fingerprint density at radius 1 is 1.30 bits per heavy atom. The maximum Gasteiger partial charge on any atom is 0.178 e. The van der Waals surface area contributed by atoms with Gasteiger partial charge < -0.3 is 5.73 Å². The fourth-order valence-electron chi connectivity index (χ4n) is 1.79. The third kappa shape index (κ3) is 5.04. The van der Waals surface area contributed by atoms with Gasteiger partial charge in [-0.1, -0.05) is 31.9 Å². The third-order valence-electron chi connectivity index (χ3n) is 3.32. The number of sulfone groups is 1. The first-order valence-corrected chi connectivity index (χ1v) is 8.59. The lowest BCUT2D eigenvalue weighted by atomic mass is 9.88. The molecule has 0 radical (unpaired) electrons. The Hall–Kier alpha value is -0.650. The second-order valence-corrected chi connectivity index (χ2v) is 8.24. The Labute approximate surface area is 125 Å². The van der Waals surface area contributed by atoms with Crippen molar-refractivity contribution >= 4 is 21.4 Å². The minimum Gasteiger partial charge on any atom is -0.330 e. The van der Waals surface area contributed by atoms with E-state index in [2.05, 4.69) is 13.8 Å². The molecule has 0 bridgehead atoms. The van der Waals surface area contributed by atoms with Crippen molar-refractivity contribution < 1.29 is 12.8 Å². The van der Waals surface area contributed by atoms with Crippen LogP contribution in [0.15, 0.2) is 23.1 Å². The van der Waals surface area contributed by atoms with Gasteiger partial charge in [0.05, 0.1) is 15.7 Å². The van der Waals surface area contributed by atoms with E-state index in [4.69, 9.17) is 17.3 Å². The standard InChI is InChI=1S/C14H21ClFNO2S/c1-14(2,10-17)7-3-4-8-20(18,19)11-5-6-13(16)12(15)9-11/h5-6,9H,3-4,7-8,10,17H2,1-2H3. The first-order chi connectivity index (χ1) is 9.18. The molecule has 0 saturated carbocycles. The van der Waals surface area contributed by atoms with Gasteiger partial charge in [0, 0.05) is 0 Å². The van der Waals surface area contributed by atoms with Crippen LogP contribution in [-0.4, -0.2) is 20.7 Å². The van der Waals surface area contributed by atoms with E-state index in [0.29, 0.717) is 13.0 Å². The van der Waals surface area contributed by atoms with Crippen LogP contribution in [-0.2, 0) is 9.84 Å². The van der Waals surface area contributed by atoms with Crippen LogP contribution in [0.3, 0.4) is 0 Å². The summed E-state index contributed by atoms with van der Waals surface area (Å²) in [4.78, 5) is 0.0713. The average molecular weight is 322 g/mol. The first kappa shape index (κ1) is 17.4. The molecular formula is C14H21ClFNO2S. The van der Waals surface area contributed by atoms with Crippen LogP contribution < -0.4 is 5.73 Å². The summed E-state index contributed by atoms with van der Waals surface area (Å²) in [5.74, 6) is -0.578. The number of hydrogen-bond acceptors (Lipinski definition) is 3. The van der Waals surface area contributed by atoms with Gasteiger partial charge in [-0.25, -0.2) is 12.8 Å². The molecule has 1 aromatic rings. The van der Waals surface area contributed by atoms with E-state index in [1.54, 1.807) is 0 Å². The molecule has 1 aromatic carbocycles. The quantitative estimate of drug-likeness (QED) is 0.618. The largest absolute Gasteiger partial charge is 0.330 e. The molecule has 0 aliphatic rings. The minimum absolute atomic E-state index is 0.0307. The van der Waals surface area contributed by atoms with E-state index in [-0.39, 0.29) is 21.1 Å². The SMILES string of the molecule is CC(C)(CN)CCCCS(=O)(=O)c1ccc(F)c(Cl)c1. The van der Waals surface area contributed by atoms with Crippen molar-refractivity contribution in [2.45, 2.75) is 38.0 Å². The predicted molar refractivity (Wildman–Crippen MR) is 80.1 cm³/mol. The average Bonchev–Trinajstić information content (AvgIpc) is 2.38. The predicted octanol–water partition coefficient (Wildman–Crippen LogP) is 3.41. The summed E-state index contributed by atoms with van der Waals surface area (Å²) in [7, 11) is -3.41. The minimum atomic E-state index is -3.41. The van der Waals surface area contributed by atoms with Gasteiger partial charge in [0.1, 0.15) is 5.82 Å². The van der Waals surface area contributed by atoms with Gasteiger partial charge in [-0.05, 0) is 43.0 Å². The molecule has 0 atom stereocenters. The number of hydrogen-bond donors (Lipinski definition) is 1. The highest BCUT2D eigenvalue weighted by Gasteiger charge is 2.18. The van der Waals surface area contributed by atoms with Crippen molar-refractivity contribution in [3.8, 4) is 0 Å². The fourth-order valence-corrected chi connectivity index (χ4v) is 3.42. The highest BCUT2D eigenvalue weighted by Crippen LogP contribution is 2.24. The van der Waals surface area contributed by atoms with Gasteiger partial charge in [0.15, 0.2) is 9.84 Å². The lowest BCUT2D eigenvalue weighted by molar-refractivity contribution is 0.335. The lowest BCUT2D eigenvalue weighted by Crippen LogP contribution is -2.23. The molecule has 0 heterocycles. The molecule has 114 valence electrons. The van der Waals surface area contributed by atoms with E-state index in [9.17, 15) is 12.8 Å². The maximum atomic E-state index is 13.0. The number of halogens is 2. The van der Waals surface area contributed by atoms with E-state index in [0.717, 1.165) is 25.0 Å². The van der Waals surface area contributed by atoms with Crippen LogP contribution in [0.5, 0.6) is 0 Å². The molecule has 6 heteroatoms. The van der Waals surface area contributed by atoms with Gasteiger partial charge in [0.25, 0.3) is 0 Å². The number of rotatable bonds is 7. The van der Waals surface area contributed by atoms with Crippen molar-refractivity contribution in [3.05, 3.63) is 29.0 Å². The van der Waals surface area contributed by atoms with Crippen LogP contribution in [0.4, 0.5) is 4.39 Å². The molecule has 0 spiro atoms. The fraction of sp³-hybridized carbons (Fsp3) is 0.571. The van der Waals surface area contributed by atoms with Crippen LogP contribution >= 0.6 is 11.6 Å². The van der Waals surface area contributed by atoms with E-state index >= 15 is 0 Å². The lowest BCUT2D eigenvalue weighted by Gasteiger charge is -2.21. The topological polar surface area (TPSA) is 60.2 Å². The van der Waals surface area contributed by atoms with E-state index in [1.165, 1.54) is 6.07 Å². The van der Waals surface area contributed by atoms with Crippen LogP contribution in [0, 0.1) is 11.2 Å². The van der Waals surface area contributed by atoms with Crippen LogP contribution in [0.1, 0.15) is 33.1 Å². The summed E-state index contributed by atoms with van der Waals surface area (Å²) >= 11 is 5.61. The Morgan fingerprint density at radius 3 is 2.50 bits per heavy atom. The van der Waals surface area contributed by atoms with Crippen molar-refractivity contribution in [1.29, 1.82) is 0 Å². The third-order valence-corrected chi connectivity index (χ3v) is 5.41. The summed E-state index contributed by atoms with van der Waals surface area (Å²) in [5, 5.41) is -0.171. The molecule has 0 aliphatic carbocycles. The number of unbranched alkanes of at least 4 members (excludes halogenated alkanes) is 1. The van der Waals surface area contributed by atoms with E-state index < -0.39 is 15.7 Å². The van der Waals surface area contributed by atoms with Gasteiger partial charge in [0.2, 0.25) is 0 Å². The normalized spacial score (nSPS) is 12.7. The van der Waals surface area contributed by atoms with E-state index in [1.807, 2.05) is 0 Å². The molecule has 2 N–H and O–H groups in total. The second kappa shape index (κ2) is 6.87. The molecule has 3 nitrogen and oxygen atoms in total.